The number of aliphatic carboxylic acids is 3. The molecule has 0 spiro atoms. The number of carboxylic acid groups (broad SMARTS) is 3. The number of carboxylic acids is 3. The van der Waals surface area contributed by atoms with E-state index in [-0.39, 0.29) is 57.2 Å². The van der Waals surface area contributed by atoms with Gasteiger partial charge in [-0.05, 0) is 0 Å². The Kier molecular flexibility index (Phi) is 19.6. The van der Waals surface area contributed by atoms with Crippen molar-refractivity contribution in [3.63, 3.8) is 0 Å². The average molecular weight is 650 g/mol. The van der Waals surface area contributed by atoms with Crippen molar-refractivity contribution in [3.8, 4) is 0 Å². The predicted molar refractivity (Wildman–Crippen MR) is 124 cm³/mol. The van der Waals surface area contributed by atoms with Crippen molar-refractivity contribution in [2.24, 2.45) is 0 Å². The molecule has 3 fully saturated rings. The van der Waals surface area contributed by atoms with Gasteiger partial charge in [-0.15, -0.1) is 35.3 Å². The van der Waals surface area contributed by atoms with Crippen LogP contribution in [0.25, 0.3) is 0 Å². The number of hydrogen-bond donors (Lipinski definition) is 3. The van der Waals surface area contributed by atoms with Gasteiger partial charge in [0.05, 0.1) is 17.3 Å². The summed E-state index contributed by atoms with van der Waals surface area (Å²) in [6.45, 7) is 0. The zero-order valence-corrected chi connectivity index (χ0v) is 22.1. The van der Waals surface area contributed by atoms with Gasteiger partial charge in [0.25, 0.3) is 0 Å². The summed E-state index contributed by atoms with van der Waals surface area (Å²) in [5.41, 5.74) is 0. The number of thioether (sulfide) groups is 6. The van der Waals surface area contributed by atoms with Gasteiger partial charge in [0.2, 0.25) is 0 Å². The van der Waals surface area contributed by atoms with Gasteiger partial charge in [0.15, 0.2) is 0 Å². The first-order chi connectivity index (χ1) is 12.9. The first-order valence-corrected chi connectivity index (χ1v) is 14.7. The van der Waals surface area contributed by atoms with Gasteiger partial charge in [-0.2, -0.15) is 35.3 Å². The van der Waals surface area contributed by atoms with Gasteiger partial charge >= 0.3 is 17.9 Å². The summed E-state index contributed by atoms with van der Waals surface area (Å²) in [6, 6.07) is 0. The van der Waals surface area contributed by atoms with Crippen LogP contribution in [0.1, 0.15) is 0 Å². The van der Waals surface area contributed by atoms with Crippen molar-refractivity contribution in [2.45, 2.75) is 15.7 Å². The van der Waals surface area contributed by atoms with Gasteiger partial charge in [-0.25, -0.2) is 0 Å². The molecule has 3 rings (SSSR count). The molecular weight excluding hydrogens is 626 g/mol. The van der Waals surface area contributed by atoms with Crippen LogP contribution in [0, 0.1) is 39.9 Å². The average Bonchev–Trinajstić information content (AvgIpc) is 2.42. The second kappa shape index (κ2) is 18.4. The van der Waals surface area contributed by atoms with Crippen molar-refractivity contribution in [1.29, 1.82) is 0 Å². The molecule has 0 unspecified atom stereocenters. The van der Waals surface area contributed by atoms with Crippen molar-refractivity contribution in [2.75, 3.05) is 51.8 Å². The van der Waals surface area contributed by atoms with Gasteiger partial charge in [-0.1, -0.05) is 0 Å². The molecule has 0 aliphatic carbocycles. The second-order valence-electron chi connectivity index (χ2n) is 5.59. The summed E-state index contributed by atoms with van der Waals surface area (Å²) in [5.74, 6) is 5.54. The molecule has 0 aromatic heterocycles. The fourth-order valence-electron chi connectivity index (χ4n) is 1.50. The minimum absolute atomic E-state index is 0. The molecule has 6 nitrogen and oxygen atoms in total. The first kappa shape index (κ1) is 29.8. The van der Waals surface area contributed by atoms with Crippen molar-refractivity contribution in [1.82, 2.24) is 0 Å². The standard InChI is InChI=1S/3C5H8O2S2.Gd/c3*6-5(7)3-9-4-1-8-2-4;/h3*4H,1-3H2,(H,6,7);. The minimum Gasteiger partial charge on any atom is -0.481 e. The maximum absolute atomic E-state index is 10.0. The molecule has 3 aliphatic rings. The fourth-order valence-corrected chi connectivity index (χ4v) is 7.96. The Balaban J connectivity index is 0.000000384. The molecule has 3 saturated heterocycles. The third-order valence-electron chi connectivity index (χ3n) is 3.15. The summed E-state index contributed by atoms with van der Waals surface area (Å²) in [6.07, 6.45) is 0. The summed E-state index contributed by atoms with van der Waals surface area (Å²) in [4.78, 5) is 30.0. The monoisotopic (exact) mass is 650 g/mol. The number of hydrogen-bond acceptors (Lipinski definition) is 9. The molecule has 0 aromatic carbocycles. The topological polar surface area (TPSA) is 112 Å². The van der Waals surface area contributed by atoms with Gasteiger partial charge < -0.3 is 15.3 Å². The van der Waals surface area contributed by atoms with Crippen molar-refractivity contribution >= 4 is 88.5 Å². The Labute approximate surface area is 223 Å². The van der Waals surface area contributed by atoms with Gasteiger partial charge in [0.1, 0.15) is 0 Å². The third kappa shape index (κ3) is 16.5. The van der Waals surface area contributed by atoms with E-state index in [4.69, 9.17) is 15.3 Å². The van der Waals surface area contributed by atoms with E-state index in [1.54, 1.807) is 35.3 Å². The molecule has 13 heteroatoms. The van der Waals surface area contributed by atoms with Crippen molar-refractivity contribution < 1.29 is 69.6 Å². The molecule has 0 atom stereocenters. The van der Waals surface area contributed by atoms with E-state index in [9.17, 15) is 14.4 Å². The smallest absolute Gasteiger partial charge is 0.313 e. The van der Waals surface area contributed by atoms with Crippen LogP contribution >= 0.6 is 70.6 Å². The number of rotatable bonds is 9. The summed E-state index contributed by atoms with van der Waals surface area (Å²) >= 11 is 10.3. The minimum atomic E-state index is -0.697. The van der Waals surface area contributed by atoms with Crippen molar-refractivity contribution in [3.05, 3.63) is 0 Å². The molecule has 0 aromatic rings. The molecule has 3 heterocycles. The molecule has 164 valence electrons. The molecule has 0 saturated carbocycles. The molecule has 3 aliphatic heterocycles. The SMILES string of the molecule is O=C(O)CSC1CSC1.O=C(O)CSC1CSC1.O=C(O)CSC1CSC1.[Gd]. The zero-order valence-electron chi connectivity index (χ0n) is 15.0. The van der Waals surface area contributed by atoms with E-state index < -0.39 is 17.9 Å². The molecule has 0 radical (unpaired) electrons. The van der Waals surface area contributed by atoms with Crippen LogP contribution in [-0.2, 0) is 14.4 Å². The quantitative estimate of drug-likeness (QED) is 0.342. The van der Waals surface area contributed by atoms with E-state index in [0.29, 0.717) is 15.7 Å². The molecule has 0 bridgehead atoms. The maximum Gasteiger partial charge on any atom is 0.313 e. The maximum atomic E-state index is 10.0. The van der Waals surface area contributed by atoms with Crippen LogP contribution in [-0.4, -0.2) is 101 Å². The molecule has 0 amide bonds. The van der Waals surface area contributed by atoms with E-state index >= 15 is 0 Å². The summed E-state index contributed by atoms with van der Waals surface area (Å²) in [5, 5.41) is 26.6. The third-order valence-corrected chi connectivity index (χ3v) is 11.9. The van der Waals surface area contributed by atoms with Gasteiger partial charge in [0, 0.05) is 90.2 Å². The Bertz CT molecular complexity index is 407. The van der Waals surface area contributed by atoms with Crippen LogP contribution in [0.5, 0.6) is 0 Å². The Morgan fingerprint density at radius 1 is 0.607 bits per heavy atom. The van der Waals surface area contributed by atoms with Crippen LogP contribution in [0.2, 0.25) is 0 Å². The Morgan fingerprint density at radius 3 is 0.929 bits per heavy atom. The van der Waals surface area contributed by atoms with Crippen LogP contribution in [0.15, 0.2) is 0 Å². The Hall–Kier alpha value is 1.83. The second-order valence-corrected chi connectivity index (χ2v) is 12.7. The largest absolute Gasteiger partial charge is 0.481 e. The van der Waals surface area contributed by atoms with Crippen LogP contribution in [0.3, 0.4) is 0 Å². The summed E-state index contributed by atoms with van der Waals surface area (Å²) in [7, 11) is 0. The van der Waals surface area contributed by atoms with E-state index in [0.717, 1.165) is 34.5 Å². The van der Waals surface area contributed by atoms with Crippen LogP contribution < -0.4 is 0 Å². The molecule has 28 heavy (non-hydrogen) atoms. The van der Waals surface area contributed by atoms with Gasteiger partial charge in [-0.3, -0.25) is 14.4 Å². The number of carbonyl (C=O) groups is 3. The van der Waals surface area contributed by atoms with Crippen LogP contribution in [0.4, 0.5) is 0 Å². The van der Waals surface area contributed by atoms with E-state index in [2.05, 4.69) is 0 Å². The predicted octanol–water partition coefficient (Wildman–Crippen LogP) is 2.76. The zero-order chi connectivity index (χ0) is 20.1. The van der Waals surface area contributed by atoms with E-state index in [1.807, 2.05) is 35.3 Å². The Morgan fingerprint density at radius 2 is 0.821 bits per heavy atom. The normalized spacial score (nSPS) is 18.4. The fraction of sp³-hybridized carbons (Fsp3) is 0.800. The molecular formula is C15H24GdO6S6. The molecule has 3 N–H and O–H groups in total. The first-order valence-electron chi connectivity index (χ1n) is 8.10. The summed E-state index contributed by atoms with van der Waals surface area (Å²) < 4.78 is 0. The van der Waals surface area contributed by atoms with E-state index in [1.165, 1.54) is 0 Å².